The summed E-state index contributed by atoms with van der Waals surface area (Å²) < 4.78 is 21.9. The average Bonchev–Trinajstić information content (AvgIpc) is 2.59. The molecule has 0 spiro atoms. The Bertz CT molecular complexity index is 631. The monoisotopic (exact) mass is 302 g/mol. The van der Waals surface area contributed by atoms with Gasteiger partial charge in [0, 0.05) is 18.5 Å². The standard InChI is InChI=1S/C12H18N2O5S/c1-7-9(8(2)14-10(7)12(16)17)11(15)13-5-4-6-20(3,18)19/h14H,4-6H2,1-3H3,(H,13,15)(H,16,17). The van der Waals surface area contributed by atoms with Crippen LogP contribution in [0, 0.1) is 13.8 Å². The average molecular weight is 302 g/mol. The van der Waals surface area contributed by atoms with Gasteiger partial charge in [-0.15, -0.1) is 0 Å². The van der Waals surface area contributed by atoms with Crippen molar-refractivity contribution in [1.29, 1.82) is 0 Å². The molecule has 0 aliphatic carbocycles. The zero-order chi connectivity index (χ0) is 15.5. The maximum atomic E-state index is 12.0. The highest BCUT2D eigenvalue weighted by molar-refractivity contribution is 7.90. The molecule has 0 aliphatic heterocycles. The number of carbonyl (C=O) groups is 2. The summed E-state index contributed by atoms with van der Waals surface area (Å²) in [6.45, 7) is 3.39. The number of hydrogen-bond donors (Lipinski definition) is 3. The molecule has 0 fully saturated rings. The second-order valence-corrected chi connectivity index (χ2v) is 6.93. The van der Waals surface area contributed by atoms with Crippen molar-refractivity contribution in [3.63, 3.8) is 0 Å². The van der Waals surface area contributed by atoms with Crippen LogP contribution in [0.1, 0.15) is 38.5 Å². The van der Waals surface area contributed by atoms with Gasteiger partial charge in [0.1, 0.15) is 15.5 Å². The van der Waals surface area contributed by atoms with Crippen LogP contribution in [0.3, 0.4) is 0 Å². The fourth-order valence-corrected chi connectivity index (χ4v) is 2.60. The number of aryl methyl sites for hydroxylation is 1. The summed E-state index contributed by atoms with van der Waals surface area (Å²) in [6, 6.07) is 0. The molecule has 1 heterocycles. The fraction of sp³-hybridized carbons (Fsp3) is 0.500. The normalized spacial score (nSPS) is 11.3. The molecule has 1 aromatic heterocycles. The minimum atomic E-state index is -3.05. The van der Waals surface area contributed by atoms with Crippen LogP contribution in [0.2, 0.25) is 0 Å². The molecule has 0 unspecified atom stereocenters. The van der Waals surface area contributed by atoms with E-state index in [1.165, 1.54) is 0 Å². The predicted octanol–water partition coefficient (Wildman–Crippen LogP) is 0.494. The number of rotatable bonds is 6. The van der Waals surface area contributed by atoms with Crippen molar-refractivity contribution in [2.45, 2.75) is 20.3 Å². The first-order chi connectivity index (χ1) is 9.13. The number of hydrogen-bond acceptors (Lipinski definition) is 4. The molecule has 1 aromatic rings. The zero-order valence-electron chi connectivity index (χ0n) is 11.6. The fourth-order valence-electron chi connectivity index (χ4n) is 1.93. The summed E-state index contributed by atoms with van der Waals surface area (Å²) in [6.07, 6.45) is 1.45. The molecule has 8 heteroatoms. The predicted molar refractivity (Wildman–Crippen MR) is 73.9 cm³/mol. The lowest BCUT2D eigenvalue weighted by atomic mass is 10.1. The SMILES string of the molecule is Cc1[nH]c(C(=O)O)c(C)c1C(=O)NCCCS(C)(=O)=O. The van der Waals surface area contributed by atoms with Gasteiger partial charge < -0.3 is 15.4 Å². The quantitative estimate of drug-likeness (QED) is 0.661. The van der Waals surface area contributed by atoms with Crippen molar-refractivity contribution in [2.75, 3.05) is 18.6 Å². The van der Waals surface area contributed by atoms with E-state index in [2.05, 4.69) is 10.3 Å². The van der Waals surface area contributed by atoms with Crippen LogP contribution >= 0.6 is 0 Å². The summed E-state index contributed by atoms with van der Waals surface area (Å²) in [4.78, 5) is 25.6. The third-order valence-electron chi connectivity index (χ3n) is 2.86. The van der Waals surface area contributed by atoms with Crippen LogP contribution < -0.4 is 5.32 Å². The summed E-state index contributed by atoms with van der Waals surface area (Å²) in [5.74, 6) is -1.53. The van der Waals surface area contributed by atoms with Crippen molar-refractivity contribution in [2.24, 2.45) is 0 Å². The number of carbonyl (C=O) groups excluding carboxylic acids is 1. The summed E-state index contributed by atoms with van der Waals surface area (Å²) in [5, 5.41) is 11.5. The molecular weight excluding hydrogens is 284 g/mol. The van der Waals surface area contributed by atoms with Crippen molar-refractivity contribution in [1.82, 2.24) is 10.3 Å². The Hall–Kier alpha value is -1.83. The van der Waals surface area contributed by atoms with E-state index in [1.807, 2.05) is 0 Å². The van der Waals surface area contributed by atoms with Gasteiger partial charge in [-0.05, 0) is 25.8 Å². The topological polar surface area (TPSA) is 116 Å². The van der Waals surface area contributed by atoms with Gasteiger partial charge in [-0.25, -0.2) is 13.2 Å². The van der Waals surface area contributed by atoms with Crippen molar-refractivity contribution < 1.29 is 23.1 Å². The summed E-state index contributed by atoms with van der Waals surface area (Å²) in [5.41, 5.74) is 1.13. The van der Waals surface area contributed by atoms with Crippen LogP contribution in [0.4, 0.5) is 0 Å². The third-order valence-corrected chi connectivity index (χ3v) is 3.89. The minimum Gasteiger partial charge on any atom is -0.477 e. The molecule has 0 radical (unpaired) electrons. The van der Waals surface area contributed by atoms with Crippen LogP contribution in [0.25, 0.3) is 0 Å². The molecule has 0 atom stereocenters. The van der Waals surface area contributed by atoms with Gasteiger partial charge >= 0.3 is 5.97 Å². The van der Waals surface area contributed by atoms with E-state index < -0.39 is 21.7 Å². The van der Waals surface area contributed by atoms with Crippen molar-refractivity contribution >= 4 is 21.7 Å². The van der Waals surface area contributed by atoms with Crippen molar-refractivity contribution in [3.05, 3.63) is 22.5 Å². The Balaban J connectivity index is 2.72. The van der Waals surface area contributed by atoms with Crippen LogP contribution in [0.5, 0.6) is 0 Å². The molecular formula is C12H18N2O5S. The van der Waals surface area contributed by atoms with Gasteiger partial charge in [0.25, 0.3) is 5.91 Å². The molecule has 0 aromatic carbocycles. The highest BCUT2D eigenvalue weighted by Gasteiger charge is 2.21. The molecule has 0 saturated carbocycles. The molecule has 1 amide bonds. The number of carboxylic acid groups (broad SMARTS) is 1. The molecule has 0 aliphatic rings. The third kappa shape index (κ3) is 4.09. The Morgan fingerprint density at radius 3 is 2.35 bits per heavy atom. The van der Waals surface area contributed by atoms with E-state index >= 15 is 0 Å². The first-order valence-electron chi connectivity index (χ1n) is 6.02. The first kappa shape index (κ1) is 16.2. The van der Waals surface area contributed by atoms with Crippen molar-refractivity contribution in [3.8, 4) is 0 Å². The second kappa shape index (κ2) is 6.08. The van der Waals surface area contributed by atoms with Crippen LogP contribution in [-0.4, -0.2) is 48.9 Å². The lowest BCUT2D eigenvalue weighted by Gasteiger charge is -2.05. The number of H-pyrrole nitrogens is 1. The number of aromatic nitrogens is 1. The van der Waals surface area contributed by atoms with Crippen LogP contribution in [-0.2, 0) is 9.84 Å². The number of aromatic carboxylic acids is 1. The number of sulfone groups is 1. The maximum absolute atomic E-state index is 12.0. The van der Waals surface area contributed by atoms with Gasteiger partial charge in [-0.3, -0.25) is 4.79 Å². The van der Waals surface area contributed by atoms with E-state index in [0.717, 1.165) is 6.26 Å². The Kier molecular flexibility index (Phi) is 4.93. The van der Waals surface area contributed by atoms with E-state index in [4.69, 9.17) is 5.11 Å². The molecule has 3 N–H and O–H groups in total. The zero-order valence-corrected chi connectivity index (χ0v) is 12.4. The highest BCUT2D eigenvalue weighted by Crippen LogP contribution is 2.17. The van der Waals surface area contributed by atoms with Gasteiger partial charge in [-0.2, -0.15) is 0 Å². The maximum Gasteiger partial charge on any atom is 0.352 e. The largest absolute Gasteiger partial charge is 0.477 e. The molecule has 20 heavy (non-hydrogen) atoms. The number of amides is 1. The molecule has 112 valence electrons. The first-order valence-corrected chi connectivity index (χ1v) is 8.08. The number of carboxylic acids is 1. The minimum absolute atomic E-state index is 0.00123. The van der Waals surface area contributed by atoms with Gasteiger partial charge in [0.15, 0.2) is 0 Å². The van der Waals surface area contributed by atoms with Crippen LogP contribution in [0.15, 0.2) is 0 Å². The van der Waals surface area contributed by atoms with Gasteiger partial charge in [0.2, 0.25) is 0 Å². The smallest absolute Gasteiger partial charge is 0.352 e. The number of nitrogens with one attached hydrogen (secondary N) is 2. The summed E-state index contributed by atoms with van der Waals surface area (Å²) in [7, 11) is -3.05. The van der Waals surface area contributed by atoms with E-state index in [9.17, 15) is 18.0 Å². The lowest BCUT2D eigenvalue weighted by molar-refractivity contribution is 0.0690. The molecule has 0 saturated heterocycles. The van der Waals surface area contributed by atoms with Gasteiger partial charge in [0.05, 0.1) is 11.3 Å². The number of aromatic amines is 1. The van der Waals surface area contributed by atoms with E-state index in [0.29, 0.717) is 23.2 Å². The Labute approximate surface area is 117 Å². The molecule has 7 nitrogen and oxygen atoms in total. The Morgan fingerprint density at radius 1 is 1.30 bits per heavy atom. The molecule has 1 rings (SSSR count). The van der Waals surface area contributed by atoms with Gasteiger partial charge in [-0.1, -0.05) is 0 Å². The molecule has 0 bridgehead atoms. The highest BCUT2D eigenvalue weighted by atomic mass is 32.2. The Morgan fingerprint density at radius 2 is 1.90 bits per heavy atom. The van der Waals surface area contributed by atoms with E-state index in [1.54, 1.807) is 13.8 Å². The second-order valence-electron chi connectivity index (χ2n) is 4.67. The lowest BCUT2D eigenvalue weighted by Crippen LogP contribution is -2.26. The summed E-state index contributed by atoms with van der Waals surface area (Å²) >= 11 is 0. The van der Waals surface area contributed by atoms with E-state index in [-0.39, 0.29) is 18.0 Å².